The van der Waals surface area contributed by atoms with Crippen LogP contribution in [0, 0.1) is 21.5 Å². The third kappa shape index (κ3) is 3.65. The van der Waals surface area contributed by atoms with Gasteiger partial charge in [0.25, 0.3) is 0 Å². The summed E-state index contributed by atoms with van der Waals surface area (Å²) in [4.78, 5) is 22.5. The summed E-state index contributed by atoms with van der Waals surface area (Å²) in [5, 5.41) is 14.7. The van der Waals surface area contributed by atoms with E-state index in [1.165, 1.54) is 18.4 Å². The molecule has 2 aromatic rings. The molecule has 186 valence electrons. The molecule has 2 aliphatic heterocycles. The predicted octanol–water partition coefficient (Wildman–Crippen LogP) is 3.34. The summed E-state index contributed by atoms with van der Waals surface area (Å²) in [6.45, 7) is 3.59. The molecule has 3 aliphatic carbocycles. The number of nitrogens with zero attached hydrogens (tertiary/aromatic N) is 5. The van der Waals surface area contributed by atoms with Crippen molar-refractivity contribution in [2.75, 3.05) is 32.4 Å². The molecule has 1 atom stereocenters. The summed E-state index contributed by atoms with van der Waals surface area (Å²) < 4.78 is 9.77. The molecule has 2 N–H and O–H groups in total. The van der Waals surface area contributed by atoms with E-state index < -0.39 is 16.3 Å². The summed E-state index contributed by atoms with van der Waals surface area (Å²) in [5.41, 5.74) is 1.24. The first-order chi connectivity index (χ1) is 16.7. The number of urea groups is 1. The molecule has 5 fully saturated rings. The number of carbonyl (C=O) groups is 1. The lowest BCUT2D eigenvalue weighted by molar-refractivity contribution is -0.107. The van der Waals surface area contributed by atoms with Crippen LogP contribution in [0.15, 0.2) is 35.5 Å². The minimum atomic E-state index is -0.769. The van der Waals surface area contributed by atoms with Crippen LogP contribution in [-0.2, 0) is 22.7 Å². The Labute approximate surface area is 208 Å². The van der Waals surface area contributed by atoms with Gasteiger partial charge < -0.3 is 14.9 Å². The van der Waals surface area contributed by atoms with Gasteiger partial charge in [0.1, 0.15) is 11.9 Å². The molecule has 7 rings (SSSR count). The number of rotatable bonds is 5. The van der Waals surface area contributed by atoms with Gasteiger partial charge in [0.2, 0.25) is 0 Å². The quantitative estimate of drug-likeness (QED) is 0.666. The molecule has 35 heavy (non-hydrogen) atoms. The summed E-state index contributed by atoms with van der Waals surface area (Å²) in [6.07, 6.45) is 10.9. The molecule has 0 radical (unpaired) electrons. The number of likely N-dealkylation sites (tertiary alicyclic amines) is 2. The zero-order chi connectivity index (χ0) is 24.0. The molecule has 0 bridgehead atoms. The molecule has 5 aliphatic rings. The van der Waals surface area contributed by atoms with Crippen LogP contribution in [0.3, 0.4) is 0 Å². The number of aliphatic hydroxyl groups is 1. The second kappa shape index (κ2) is 7.38. The number of hydrogen-bond acceptors (Lipinski definition) is 5. The van der Waals surface area contributed by atoms with Crippen LogP contribution in [0.4, 0.5) is 4.79 Å². The fourth-order valence-electron chi connectivity index (χ4n) is 7.12. The maximum atomic E-state index is 13.0. The highest BCUT2D eigenvalue weighted by molar-refractivity contribution is 7.85. The molecule has 8 nitrogen and oxygen atoms in total. The number of carbonyl (C=O) groups excluding carboxylic acids is 1. The monoisotopic (exact) mass is 494 g/mol. The van der Waals surface area contributed by atoms with E-state index in [4.69, 9.17) is 4.78 Å². The van der Waals surface area contributed by atoms with Gasteiger partial charge >= 0.3 is 6.03 Å². The van der Waals surface area contributed by atoms with Gasteiger partial charge in [0, 0.05) is 41.9 Å². The van der Waals surface area contributed by atoms with E-state index in [9.17, 15) is 9.90 Å². The zero-order valence-electron chi connectivity index (χ0n) is 20.3. The smallest absolute Gasteiger partial charge is 0.320 e. The number of aromatic nitrogens is 3. The van der Waals surface area contributed by atoms with Crippen LogP contribution in [0.1, 0.15) is 56.0 Å². The minimum absolute atomic E-state index is 0.230. The largest absolute Gasteiger partial charge is 0.382 e. The Hall–Kier alpha value is -2.26. The standard InChI is InChI=1S/C26H34N6O2S/c1-35(27)21-4-2-18(3-5-21)8-19-9-24(10-19)13-30(14-24)23(33)31-15-25(16-31)11-20(12-25)32-17-28-22(29-32)26(34)6-7-26/h2-5,17,19-20,27,34H,6-16H2,1H3. The van der Waals surface area contributed by atoms with Crippen molar-refractivity contribution >= 4 is 16.7 Å². The average molecular weight is 495 g/mol. The Bertz CT molecular complexity index is 1180. The van der Waals surface area contributed by atoms with E-state index in [0.29, 0.717) is 17.3 Å². The number of nitrogens with one attached hydrogen (secondary N) is 1. The van der Waals surface area contributed by atoms with Gasteiger partial charge in [-0.2, -0.15) is 5.10 Å². The van der Waals surface area contributed by atoms with Crippen molar-refractivity contribution in [1.82, 2.24) is 24.6 Å². The molecular weight excluding hydrogens is 460 g/mol. The Balaban J connectivity index is 0.844. The number of amides is 2. The molecular formula is C26H34N6O2S. The molecule has 1 unspecified atom stereocenters. The normalized spacial score (nSPS) is 26.6. The van der Waals surface area contributed by atoms with Gasteiger partial charge in [0.05, 0.1) is 6.04 Å². The van der Waals surface area contributed by atoms with E-state index in [1.807, 2.05) is 15.8 Å². The molecule has 9 heteroatoms. The summed E-state index contributed by atoms with van der Waals surface area (Å²) in [6, 6.07) is 9.18. The zero-order valence-corrected chi connectivity index (χ0v) is 21.1. The Morgan fingerprint density at radius 2 is 1.66 bits per heavy atom. The van der Waals surface area contributed by atoms with Crippen molar-refractivity contribution in [2.45, 2.75) is 61.5 Å². The Morgan fingerprint density at radius 1 is 1.06 bits per heavy atom. The van der Waals surface area contributed by atoms with E-state index in [-0.39, 0.29) is 11.4 Å². The minimum Gasteiger partial charge on any atom is -0.382 e. The molecule has 3 saturated carbocycles. The Kier molecular flexibility index (Phi) is 4.64. The van der Waals surface area contributed by atoms with Crippen LogP contribution in [-0.4, -0.2) is 68.1 Å². The van der Waals surface area contributed by atoms with Crippen LogP contribution in [0.5, 0.6) is 0 Å². The maximum Gasteiger partial charge on any atom is 0.320 e. The third-order valence-corrected chi connectivity index (χ3v) is 10.2. The van der Waals surface area contributed by atoms with E-state index >= 15 is 0 Å². The van der Waals surface area contributed by atoms with E-state index in [0.717, 1.165) is 69.1 Å². The third-order valence-electron chi connectivity index (χ3n) is 9.25. The highest BCUT2D eigenvalue weighted by atomic mass is 32.2. The molecule has 2 saturated heterocycles. The van der Waals surface area contributed by atoms with E-state index in [1.54, 1.807) is 6.33 Å². The first kappa shape index (κ1) is 22.0. The van der Waals surface area contributed by atoms with Gasteiger partial charge in [-0.25, -0.2) is 14.5 Å². The molecule has 1 aromatic heterocycles. The van der Waals surface area contributed by atoms with Crippen molar-refractivity contribution in [3.8, 4) is 0 Å². The maximum absolute atomic E-state index is 13.0. The highest BCUT2D eigenvalue weighted by Gasteiger charge is 2.58. The Morgan fingerprint density at radius 3 is 2.23 bits per heavy atom. The number of hydrogen-bond donors (Lipinski definition) is 2. The van der Waals surface area contributed by atoms with Gasteiger partial charge in [0.15, 0.2) is 5.82 Å². The average Bonchev–Trinajstić information content (AvgIpc) is 3.27. The van der Waals surface area contributed by atoms with E-state index in [2.05, 4.69) is 39.2 Å². The van der Waals surface area contributed by atoms with Crippen molar-refractivity contribution in [3.05, 3.63) is 42.0 Å². The second-order valence-corrected chi connectivity index (χ2v) is 13.8. The lowest BCUT2D eigenvalue weighted by Gasteiger charge is -2.63. The fraction of sp³-hybridized carbons (Fsp3) is 0.654. The van der Waals surface area contributed by atoms with Crippen LogP contribution >= 0.6 is 0 Å². The summed E-state index contributed by atoms with van der Waals surface area (Å²) in [5.74, 6) is 1.30. The molecule has 1 aromatic carbocycles. The fourth-order valence-corrected chi connectivity index (χ4v) is 7.66. The first-order valence-electron chi connectivity index (χ1n) is 12.9. The lowest BCUT2D eigenvalue weighted by atomic mass is 9.56. The van der Waals surface area contributed by atoms with Crippen LogP contribution < -0.4 is 0 Å². The van der Waals surface area contributed by atoms with Crippen LogP contribution in [0.25, 0.3) is 0 Å². The predicted molar refractivity (Wildman–Crippen MR) is 132 cm³/mol. The molecule has 3 heterocycles. The van der Waals surface area contributed by atoms with Gasteiger partial charge in [-0.15, -0.1) is 0 Å². The topological polar surface area (TPSA) is 98.3 Å². The van der Waals surface area contributed by atoms with Crippen molar-refractivity contribution in [2.24, 2.45) is 16.7 Å². The van der Waals surface area contributed by atoms with Gasteiger partial charge in [-0.05, 0) is 74.8 Å². The summed E-state index contributed by atoms with van der Waals surface area (Å²) >= 11 is 0. The van der Waals surface area contributed by atoms with Gasteiger partial charge in [-0.1, -0.05) is 22.8 Å². The molecule has 2 spiro atoms. The number of benzene rings is 1. The SMILES string of the molecule is CS(=N)c1ccc(CC2CC3(C2)CN(C(=O)N2CC4(CC(n5cnc(C6(O)CC6)n5)C4)C2)C3)cc1. The first-order valence-corrected chi connectivity index (χ1v) is 14.5. The van der Waals surface area contributed by atoms with Crippen LogP contribution in [0.2, 0.25) is 0 Å². The second-order valence-electron chi connectivity index (χ2n) is 12.3. The lowest BCUT2D eigenvalue weighted by Crippen LogP contribution is -2.71. The highest BCUT2D eigenvalue weighted by Crippen LogP contribution is 2.56. The van der Waals surface area contributed by atoms with Crippen molar-refractivity contribution < 1.29 is 9.90 Å². The van der Waals surface area contributed by atoms with Gasteiger partial charge in [-0.3, -0.25) is 4.78 Å². The van der Waals surface area contributed by atoms with Crippen molar-refractivity contribution in [1.29, 1.82) is 4.78 Å². The van der Waals surface area contributed by atoms with Crippen molar-refractivity contribution in [3.63, 3.8) is 0 Å². The summed E-state index contributed by atoms with van der Waals surface area (Å²) in [7, 11) is -0.420. The molecule has 2 amide bonds.